The first-order valence-corrected chi connectivity index (χ1v) is 12.4. The van der Waals surface area contributed by atoms with Gasteiger partial charge in [0.1, 0.15) is 16.9 Å². The summed E-state index contributed by atoms with van der Waals surface area (Å²) < 4.78 is 6.15. The maximum Gasteiger partial charge on any atom is 0.302 e. The van der Waals surface area contributed by atoms with Crippen molar-refractivity contribution in [2.45, 2.75) is 51.4 Å². The maximum atomic E-state index is 11.2. The summed E-state index contributed by atoms with van der Waals surface area (Å²) in [6.07, 6.45) is 0.844. The highest BCUT2D eigenvalue weighted by Crippen LogP contribution is 2.38. The van der Waals surface area contributed by atoms with Gasteiger partial charge in [0.2, 0.25) is 5.95 Å². The average Bonchev–Trinajstić information content (AvgIpc) is 3.48. The predicted molar refractivity (Wildman–Crippen MR) is 131 cm³/mol. The number of para-hydroxylation sites is 1. The van der Waals surface area contributed by atoms with E-state index in [4.69, 9.17) is 14.7 Å². The second-order valence-electron chi connectivity index (χ2n) is 9.20. The van der Waals surface area contributed by atoms with Gasteiger partial charge in [-0.3, -0.25) is 4.79 Å². The molecule has 5 rings (SSSR count). The van der Waals surface area contributed by atoms with Crippen molar-refractivity contribution < 1.29 is 19.7 Å². The van der Waals surface area contributed by atoms with E-state index in [1.54, 1.807) is 11.3 Å². The summed E-state index contributed by atoms with van der Waals surface area (Å²) in [6.45, 7) is 4.15. The first-order chi connectivity index (χ1) is 16.4. The van der Waals surface area contributed by atoms with Gasteiger partial charge in [0.25, 0.3) is 0 Å². The summed E-state index contributed by atoms with van der Waals surface area (Å²) in [7, 11) is 0. The molecule has 1 aromatic carbocycles. The van der Waals surface area contributed by atoms with Crippen molar-refractivity contribution in [1.29, 1.82) is 0 Å². The molecule has 2 saturated carbocycles. The zero-order valence-corrected chi connectivity index (χ0v) is 20.0. The third-order valence-electron chi connectivity index (χ3n) is 6.47. The lowest BCUT2D eigenvalue weighted by Crippen LogP contribution is -2.36. The first kappa shape index (κ1) is 22.9. The van der Waals surface area contributed by atoms with Crippen LogP contribution >= 0.6 is 11.3 Å². The Morgan fingerprint density at radius 1 is 1.18 bits per heavy atom. The lowest BCUT2D eigenvalue weighted by Gasteiger charge is -2.21. The topological polar surface area (TPSA) is 129 Å². The largest absolute Gasteiger partial charge is 0.465 e. The fraction of sp³-hybridized carbons (Fsp3) is 0.500. The summed E-state index contributed by atoms with van der Waals surface area (Å²) >= 11 is 1.56. The van der Waals surface area contributed by atoms with Crippen molar-refractivity contribution in [3.63, 3.8) is 0 Å². The molecule has 4 N–H and O–H groups in total. The molecule has 2 heterocycles. The zero-order chi connectivity index (χ0) is 23.8. The van der Waals surface area contributed by atoms with Crippen molar-refractivity contribution in [2.75, 3.05) is 23.8 Å². The number of aliphatic hydroxyl groups excluding tert-OH is 2. The number of rotatable bonds is 8. The molecule has 10 heteroatoms. The molecule has 0 bridgehead atoms. The summed E-state index contributed by atoms with van der Waals surface area (Å²) in [4.78, 5) is 25.5. The quantitative estimate of drug-likeness (QED) is 0.357. The summed E-state index contributed by atoms with van der Waals surface area (Å²) in [6, 6.07) is 7.48. The second kappa shape index (κ2) is 9.44. The number of thiazole rings is 1. The molecule has 0 unspecified atom stereocenters. The molecule has 3 aromatic rings. The van der Waals surface area contributed by atoms with E-state index < -0.39 is 24.2 Å². The standard InChI is InChI=1S/C24H29N5O4S/c1-12-19(23-28-16-5-3-4-6-18(16)34-23)22(29-24(26-12)25-10-14-7-8-14)27-17-9-15(11-33-13(2)30)20(31)21(17)32/h3-6,14-15,17,20-21,31-32H,7-11H2,1-2H3,(H2,25,26,27,29)/t15-,17-,20-,21+/m1/s1. The highest BCUT2D eigenvalue weighted by atomic mass is 32.1. The number of aryl methyl sites for hydroxylation is 1. The van der Waals surface area contributed by atoms with E-state index in [0.29, 0.717) is 24.1 Å². The van der Waals surface area contributed by atoms with Crippen molar-refractivity contribution in [2.24, 2.45) is 11.8 Å². The molecule has 0 amide bonds. The summed E-state index contributed by atoms with van der Waals surface area (Å²) in [5.41, 5.74) is 2.46. The van der Waals surface area contributed by atoms with Gasteiger partial charge < -0.3 is 25.6 Å². The highest BCUT2D eigenvalue weighted by molar-refractivity contribution is 7.21. The van der Waals surface area contributed by atoms with E-state index in [2.05, 4.69) is 15.6 Å². The van der Waals surface area contributed by atoms with Crippen LogP contribution in [0.1, 0.15) is 31.9 Å². The van der Waals surface area contributed by atoms with Gasteiger partial charge in [-0.05, 0) is 44.2 Å². The molecule has 0 aliphatic heterocycles. The molecule has 2 aliphatic carbocycles. The number of fused-ring (bicyclic) bond motifs is 1. The van der Waals surface area contributed by atoms with Crippen molar-refractivity contribution in [3.8, 4) is 10.6 Å². The Kier molecular flexibility index (Phi) is 6.37. The minimum absolute atomic E-state index is 0.0630. The molecule has 4 atom stereocenters. The van der Waals surface area contributed by atoms with Crippen LogP contribution < -0.4 is 10.6 Å². The van der Waals surface area contributed by atoms with Crippen LogP contribution in [0.5, 0.6) is 0 Å². The van der Waals surface area contributed by atoms with E-state index >= 15 is 0 Å². The number of carbonyl (C=O) groups is 1. The SMILES string of the molecule is CC(=O)OC[C@H]1C[C@@H](Nc2nc(NCC3CC3)nc(C)c2-c2nc3ccccc3s2)[C@H](O)[C@@H]1O. The van der Waals surface area contributed by atoms with Crippen LogP contribution in [-0.2, 0) is 9.53 Å². The summed E-state index contributed by atoms with van der Waals surface area (Å²) in [5, 5.41) is 28.7. The Hall–Kier alpha value is -2.82. The van der Waals surface area contributed by atoms with E-state index in [-0.39, 0.29) is 12.5 Å². The number of aromatic nitrogens is 3. The Bertz CT molecular complexity index is 1160. The van der Waals surface area contributed by atoms with Crippen LogP contribution in [0.25, 0.3) is 20.8 Å². The minimum atomic E-state index is -1.03. The second-order valence-corrected chi connectivity index (χ2v) is 10.2. The Labute approximate surface area is 201 Å². The molecule has 0 radical (unpaired) electrons. The number of ether oxygens (including phenoxy) is 1. The fourth-order valence-electron chi connectivity index (χ4n) is 4.38. The van der Waals surface area contributed by atoms with Gasteiger partial charge in [0.15, 0.2) is 0 Å². The van der Waals surface area contributed by atoms with Gasteiger partial charge >= 0.3 is 5.97 Å². The number of nitrogens with zero attached hydrogens (tertiary/aromatic N) is 3. The van der Waals surface area contributed by atoms with Crippen molar-refractivity contribution in [1.82, 2.24) is 15.0 Å². The van der Waals surface area contributed by atoms with E-state index in [1.165, 1.54) is 19.8 Å². The van der Waals surface area contributed by atoms with Crippen LogP contribution in [0.4, 0.5) is 11.8 Å². The molecular weight excluding hydrogens is 454 g/mol. The third kappa shape index (κ3) is 4.84. The Morgan fingerprint density at radius 3 is 2.71 bits per heavy atom. The Balaban J connectivity index is 1.46. The number of carbonyl (C=O) groups excluding carboxylic acids is 1. The van der Waals surface area contributed by atoms with E-state index in [1.807, 2.05) is 31.2 Å². The van der Waals surface area contributed by atoms with Crippen molar-refractivity contribution >= 4 is 39.3 Å². The zero-order valence-electron chi connectivity index (χ0n) is 19.2. The lowest BCUT2D eigenvalue weighted by atomic mass is 10.1. The third-order valence-corrected chi connectivity index (χ3v) is 7.52. The number of anilines is 2. The lowest BCUT2D eigenvalue weighted by molar-refractivity contribution is -0.143. The number of nitrogens with one attached hydrogen (secondary N) is 2. The monoisotopic (exact) mass is 483 g/mol. The van der Waals surface area contributed by atoms with Gasteiger partial charge in [-0.1, -0.05) is 12.1 Å². The van der Waals surface area contributed by atoms with Crippen LogP contribution in [0, 0.1) is 18.8 Å². The van der Waals surface area contributed by atoms with Crippen LogP contribution in [0.15, 0.2) is 24.3 Å². The van der Waals surface area contributed by atoms with Crippen molar-refractivity contribution in [3.05, 3.63) is 30.0 Å². The van der Waals surface area contributed by atoms with Gasteiger partial charge in [-0.15, -0.1) is 11.3 Å². The average molecular weight is 484 g/mol. The molecule has 2 aliphatic rings. The highest BCUT2D eigenvalue weighted by Gasteiger charge is 2.42. The molecule has 0 saturated heterocycles. The molecule has 0 spiro atoms. The molecule has 34 heavy (non-hydrogen) atoms. The number of esters is 1. The van der Waals surface area contributed by atoms with Gasteiger partial charge in [0, 0.05) is 19.4 Å². The molecule has 2 fully saturated rings. The number of aliphatic hydroxyl groups is 2. The molecule has 2 aromatic heterocycles. The van der Waals surface area contributed by atoms with E-state index in [9.17, 15) is 15.0 Å². The Morgan fingerprint density at radius 2 is 1.97 bits per heavy atom. The van der Waals surface area contributed by atoms with Gasteiger partial charge in [-0.25, -0.2) is 9.97 Å². The number of hydrogen-bond donors (Lipinski definition) is 4. The van der Waals surface area contributed by atoms with E-state index in [0.717, 1.165) is 33.0 Å². The predicted octanol–water partition coefficient (Wildman–Crippen LogP) is 2.97. The van der Waals surface area contributed by atoms with Crippen LogP contribution in [-0.4, -0.2) is 62.5 Å². The summed E-state index contributed by atoms with van der Waals surface area (Å²) in [5.74, 6) is 0.986. The molecular formula is C24H29N5O4S. The number of hydrogen-bond acceptors (Lipinski definition) is 10. The number of benzene rings is 1. The fourth-order valence-corrected chi connectivity index (χ4v) is 5.45. The van der Waals surface area contributed by atoms with Crippen LogP contribution in [0.2, 0.25) is 0 Å². The molecule has 180 valence electrons. The first-order valence-electron chi connectivity index (χ1n) is 11.6. The smallest absolute Gasteiger partial charge is 0.302 e. The molecule has 9 nitrogen and oxygen atoms in total. The van der Waals surface area contributed by atoms with Gasteiger partial charge in [0.05, 0.1) is 40.2 Å². The van der Waals surface area contributed by atoms with Crippen LogP contribution in [0.3, 0.4) is 0 Å². The maximum absolute atomic E-state index is 11.2. The normalized spacial score (nSPS) is 24.4. The van der Waals surface area contributed by atoms with Gasteiger partial charge in [-0.2, -0.15) is 4.98 Å². The minimum Gasteiger partial charge on any atom is -0.465 e.